The highest BCUT2D eigenvalue weighted by molar-refractivity contribution is 7.18. The van der Waals surface area contributed by atoms with Crippen molar-refractivity contribution in [3.8, 4) is 16.3 Å². The summed E-state index contributed by atoms with van der Waals surface area (Å²) >= 11 is 1.32. The van der Waals surface area contributed by atoms with Gasteiger partial charge in [-0.25, -0.2) is 0 Å². The standard InChI is InChI=1S/C27H32N4O3S/c1-34-23-14-12-21(13-15-23)25-29-30-27(35-25)28-24(32)17-19-31(18-16-20-8-4-2-5-9-20)26(33)22-10-6-3-7-11-22/h2,4-5,8-9,12-15,22H,3,6-7,10-11,16-19H2,1H3,(H,28,30,32). The maximum atomic E-state index is 13.3. The first-order valence-corrected chi connectivity index (χ1v) is 13.0. The summed E-state index contributed by atoms with van der Waals surface area (Å²) in [4.78, 5) is 27.8. The van der Waals surface area contributed by atoms with Crippen LogP contribution in [0, 0.1) is 5.92 Å². The fraction of sp³-hybridized carbons (Fsp3) is 0.407. The van der Waals surface area contributed by atoms with Crippen LogP contribution in [0.15, 0.2) is 54.6 Å². The quantitative estimate of drug-likeness (QED) is 0.421. The number of anilines is 1. The van der Waals surface area contributed by atoms with E-state index in [0.717, 1.165) is 48.4 Å². The molecule has 0 spiro atoms. The minimum absolute atomic E-state index is 0.0813. The predicted octanol–water partition coefficient (Wildman–Crippen LogP) is 5.19. The minimum atomic E-state index is -0.163. The Hall–Kier alpha value is -3.26. The zero-order valence-electron chi connectivity index (χ0n) is 20.1. The molecule has 4 rings (SSSR count). The van der Waals surface area contributed by atoms with Crippen LogP contribution in [0.1, 0.15) is 44.1 Å². The Morgan fingerprint density at radius 3 is 2.46 bits per heavy atom. The van der Waals surface area contributed by atoms with Crippen molar-refractivity contribution in [2.24, 2.45) is 5.92 Å². The van der Waals surface area contributed by atoms with Crippen molar-refractivity contribution in [2.45, 2.75) is 44.9 Å². The molecule has 3 aromatic rings. The van der Waals surface area contributed by atoms with Crippen LogP contribution in [0.5, 0.6) is 5.75 Å². The SMILES string of the molecule is COc1ccc(-c2nnc(NC(=O)CCN(CCc3ccccc3)C(=O)C3CCCCC3)s2)cc1. The molecule has 7 nitrogen and oxygen atoms in total. The van der Waals surface area contributed by atoms with E-state index in [0.29, 0.717) is 18.2 Å². The molecule has 2 amide bonds. The zero-order chi connectivity index (χ0) is 24.5. The van der Waals surface area contributed by atoms with E-state index in [4.69, 9.17) is 4.74 Å². The van der Waals surface area contributed by atoms with Crippen LogP contribution in [0.2, 0.25) is 0 Å². The third-order valence-electron chi connectivity index (χ3n) is 6.40. The molecule has 1 N–H and O–H groups in total. The molecule has 0 atom stereocenters. The van der Waals surface area contributed by atoms with E-state index >= 15 is 0 Å². The zero-order valence-corrected chi connectivity index (χ0v) is 20.9. The van der Waals surface area contributed by atoms with Gasteiger partial charge in [0.1, 0.15) is 10.8 Å². The topological polar surface area (TPSA) is 84.4 Å². The summed E-state index contributed by atoms with van der Waals surface area (Å²) in [5.74, 6) is 0.874. The summed E-state index contributed by atoms with van der Waals surface area (Å²) in [6.07, 6.45) is 6.33. The summed E-state index contributed by atoms with van der Waals surface area (Å²) < 4.78 is 5.19. The summed E-state index contributed by atoms with van der Waals surface area (Å²) in [5, 5.41) is 12.3. The normalized spacial score (nSPS) is 13.9. The number of amides is 2. The molecule has 0 saturated heterocycles. The maximum absolute atomic E-state index is 13.3. The molecule has 0 unspecified atom stereocenters. The van der Waals surface area contributed by atoms with Gasteiger partial charge in [0.2, 0.25) is 16.9 Å². The van der Waals surface area contributed by atoms with Crippen LogP contribution in [-0.2, 0) is 16.0 Å². The van der Waals surface area contributed by atoms with Crippen molar-refractivity contribution < 1.29 is 14.3 Å². The molecular weight excluding hydrogens is 460 g/mol. The van der Waals surface area contributed by atoms with Crippen LogP contribution in [0.3, 0.4) is 0 Å². The molecule has 0 aliphatic heterocycles. The number of benzene rings is 2. The van der Waals surface area contributed by atoms with Gasteiger partial charge in [0, 0.05) is 31.0 Å². The van der Waals surface area contributed by atoms with Gasteiger partial charge in [-0.3, -0.25) is 9.59 Å². The lowest BCUT2D eigenvalue weighted by atomic mass is 9.88. The van der Waals surface area contributed by atoms with E-state index in [1.807, 2.05) is 47.4 Å². The number of methoxy groups -OCH3 is 1. The molecule has 0 bridgehead atoms. The lowest BCUT2D eigenvalue weighted by Gasteiger charge is -2.29. The Bertz CT molecular complexity index is 1100. The molecule has 1 aliphatic carbocycles. The first-order valence-electron chi connectivity index (χ1n) is 12.2. The van der Waals surface area contributed by atoms with Gasteiger partial charge in [-0.05, 0) is 49.1 Å². The van der Waals surface area contributed by atoms with Crippen molar-refractivity contribution in [3.05, 3.63) is 60.2 Å². The Labute approximate surface area is 210 Å². The van der Waals surface area contributed by atoms with Crippen molar-refractivity contribution in [3.63, 3.8) is 0 Å². The van der Waals surface area contributed by atoms with E-state index in [-0.39, 0.29) is 24.2 Å². The van der Waals surface area contributed by atoms with Crippen molar-refractivity contribution >= 4 is 28.3 Å². The van der Waals surface area contributed by atoms with Gasteiger partial charge >= 0.3 is 0 Å². The van der Waals surface area contributed by atoms with E-state index in [1.165, 1.54) is 23.3 Å². The highest BCUT2D eigenvalue weighted by Gasteiger charge is 2.26. The molecule has 8 heteroatoms. The molecule has 1 heterocycles. The predicted molar refractivity (Wildman–Crippen MR) is 138 cm³/mol. The molecule has 1 saturated carbocycles. The third kappa shape index (κ3) is 7.11. The van der Waals surface area contributed by atoms with Gasteiger partial charge in [-0.15, -0.1) is 10.2 Å². The van der Waals surface area contributed by atoms with Gasteiger partial charge in [0.25, 0.3) is 0 Å². The molecular formula is C27H32N4O3S. The highest BCUT2D eigenvalue weighted by atomic mass is 32.1. The van der Waals surface area contributed by atoms with Gasteiger partial charge in [-0.2, -0.15) is 0 Å². The molecule has 184 valence electrons. The molecule has 0 radical (unpaired) electrons. The number of aromatic nitrogens is 2. The van der Waals surface area contributed by atoms with Gasteiger partial charge < -0.3 is 15.0 Å². The van der Waals surface area contributed by atoms with E-state index in [2.05, 4.69) is 27.6 Å². The van der Waals surface area contributed by atoms with Crippen LogP contribution in [0.25, 0.3) is 10.6 Å². The average Bonchev–Trinajstić information content (AvgIpc) is 3.38. The lowest BCUT2D eigenvalue weighted by Crippen LogP contribution is -2.40. The van der Waals surface area contributed by atoms with Crippen LogP contribution in [-0.4, -0.2) is 47.1 Å². The molecule has 1 aromatic heterocycles. The fourth-order valence-corrected chi connectivity index (χ4v) is 5.16. The van der Waals surface area contributed by atoms with E-state index in [9.17, 15) is 9.59 Å². The lowest BCUT2D eigenvalue weighted by molar-refractivity contribution is -0.136. The smallest absolute Gasteiger partial charge is 0.227 e. The number of hydrogen-bond acceptors (Lipinski definition) is 6. The Morgan fingerprint density at radius 2 is 1.74 bits per heavy atom. The Kier molecular flexibility index (Phi) is 8.84. The first kappa shape index (κ1) is 24.9. The second-order valence-corrected chi connectivity index (χ2v) is 9.81. The van der Waals surface area contributed by atoms with Crippen LogP contribution in [0.4, 0.5) is 5.13 Å². The molecule has 2 aromatic carbocycles. The number of carbonyl (C=O) groups is 2. The molecule has 35 heavy (non-hydrogen) atoms. The Morgan fingerprint density at radius 1 is 1.00 bits per heavy atom. The van der Waals surface area contributed by atoms with E-state index in [1.54, 1.807) is 7.11 Å². The number of hydrogen-bond donors (Lipinski definition) is 1. The molecule has 1 aliphatic rings. The summed E-state index contributed by atoms with van der Waals surface area (Å²) in [5.41, 5.74) is 2.10. The number of nitrogens with one attached hydrogen (secondary N) is 1. The summed E-state index contributed by atoms with van der Waals surface area (Å²) in [7, 11) is 1.62. The molecule has 1 fully saturated rings. The number of rotatable bonds is 10. The number of nitrogens with zero attached hydrogens (tertiary/aromatic N) is 3. The van der Waals surface area contributed by atoms with Gasteiger partial charge in [0.05, 0.1) is 7.11 Å². The number of carbonyl (C=O) groups excluding carboxylic acids is 2. The van der Waals surface area contributed by atoms with Crippen molar-refractivity contribution in [2.75, 3.05) is 25.5 Å². The largest absolute Gasteiger partial charge is 0.497 e. The highest BCUT2D eigenvalue weighted by Crippen LogP contribution is 2.28. The minimum Gasteiger partial charge on any atom is -0.497 e. The average molecular weight is 493 g/mol. The van der Waals surface area contributed by atoms with E-state index < -0.39 is 0 Å². The second-order valence-electron chi connectivity index (χ2n) is 8.83. The van der Waals surface area contributed by atoms with Crippen LogP contribution < -0.4 is 10.1 Å². The summed E-state index contributed by atoms with van der Waals surface area (Å²) in [6, 6.07) is 17.7. The van der Waals surface area contributed by atoms with Gasteiger partial charge in [-0.1, -0.05) is 60.9 Å². The van der Waals surface area contributed by atoms with Gasteiger partial charge in [0.15, 0.2) is 0 Å². The van der Waals surface area contributed by atoms with Crippen molar-refractivity contribution in [1.29, 1.82) is 0 Å². The monoisotopic (exact) mass is 492 g/mol. The third-order valence-corrected chi connectivity index (χ3v) is 7.28. The Balaban J connectivity index is 1.34. The fourth-order valence-electron chi connectivity index (χ4n) is 4.39. The summed E-state index contributed by atoms with van der Waals surface area (Å²) in [6.45, 7) is 1.02. The van der Waals surface area contributed by atoms with Crippen LogP contribution >= 0.6 is 11.3 Å². The second kappa shape index (κ2) is 12.4. The first-order chi connectivity index (χ1) is 17.1. The number of ether oxygens (including phenoxy) is 1. The van der Waals surface area contributed by atoms with Crippen molar-refractivity contribution in [1.82, 2.24) is 15.1 Å². The maximum Gasteiger partial charge on any atom is 0.227 e.